The third-order valence-corrected chi connectivity index (χ3v) is 4.03. The molecule has 1 atom stereocenters. The molecule has 0 saturated carbocycles. The van der Waals surface area contributed by atoms with Crippen molar-refractivity contribution < 1.29 is 9.53 Å². The van der Waals surface area contributed by atoms with Crippen molar-refractivity contribution in [1.82, 2.24) is 4.90 Å². The molecule has 1 amide bonds. The molecule has 136 valence electrons. The second kappa shape index (κ2) is 8.95. The van der Waals surface area contributed by atoms with Crippen LogP contribution in [0.25, 0.3) is 0 Å². The Bertz CT molecular complexity index is 535. The SMILES string of the molecule is CCCCNc1cc(C(C)N(CC)C(=O)OC(C)(C)C)ccc1C. The van der Waals surface area contributed by atoms with Crippen LogP contribution in [0.1, 0.15) is 71.6 Å². The summed E-state index contributed by atoms with van der Waals surface area (Å²) in [6, 6.07) is 6.33. The number of nitrogens with zero attached hydrogens (tertiary/aromatic N) is 1. The Hall–Kier alpha value is -1.71. The molecule has 24 heavy (non-hydrogen) atoms. The van der Waals surface area contributed by atoms with Crippen LogP contribution in [0.5, 0.6) is 0 Å². The van der Waals surface area contributed by atoms with Crippen LogP contribution in [-0.2, 0) is 4.74 Å². The van der Waals surface area contributed by atoms with E-state index in [1.165, 1.54) is 12.0 Å². The van der Waals surface area contributed by atoms with Crippen molar-refractivity contribution in [3.05, 3.63) is 29.3 Å². The van der Waals surface area contributed by atoms with Crippen molar-refractivity contribution in [2.75, 3.05) is 18.4 Å². The van der Waals surface area contributed by atoms with Crippen LogP contribution >= 0.6 is 0 Å². The maximum atomic E-state index is 12.5. The van der Waals surface area contributed by atoms with E-state index in [2.05, 4.69) is 37.4 Å². The summed E-state index contributed by atoms with van der Waals surface area (Å²) in [6.07, 6.45) is 2.06. The van der Waals surface area contributed by atoms with Crippen molar-refractivity contribution in [3.8, 4) is 0 Å². The van der Waals surface area contributed by atoms with Crippen molar-refractivity contribution >= 4 is 11.8 Å². The first-order chi connectivity index (χ1) is 11.2. The monoisotopic (exact) mass is 334 g/mol. The number of ether oxygens (including phenoxy) is 1. The maximum Gasteiger partial charge on any atom is 0.410 e. The molecule has 0 saturated heterocycles. The first-order valence-corrected chi connectivity index (χ1v) is 9.03. The van der Waals surface area contributed by atoms with Gasteiger partial charge < -0.3 is 15.0 Å². The van der Waals surface area contributed by atoms with Gasteiger partial charge in [-0.15, -0.1) is 0 Å². The van der Waals surface area contributed by atoms with Crippen LogP contribution < -0.4 is 5.32 Å². The number of carbonyl (C=O) groups is 1. The number of unbranched alkanes of at least 4 members (excludes halogenated alkanes) is 1. The normalized spacial score (nSPS) is 12.6. The molecule has 0 heterocycles. The predicted molar refractivity (Wildman–Crippen MR) is 102 cm³/mol. The van der Waals surface area contributed by atoms with E-state index in [4.69, 9.17) is 4.74 Å². The first-order valence-electron chi connectivity index (χ1n) is 9.03. The number of hydrogen-bond donors (Lipinski definition) is 1. The van der Waals surface area contributed by atoms with Gasteiger partial charge in [0.1, 0.15) is 5.60 Å². The Balaban J connectivity index is 2.93. The second-order valence-corrected chi connectivity index (χ2v) is 7.30. The van der Waals surface area contributed by atoms with E-state index in [9.17, 15) is 4.79 Å². The molecule has 0 aliphatic carbocycles. The third-order valence-electron chi connectivity index (χ3n) is 4.03. The Morgan fingerprint density at radius 3 is 2.50 bits per heavy atom. The van der Waals surface area contributed by atoms with E-state index in [1.807, 2.05) is 34.6 Å². The fraction of sp³-hybridized carbons (Fsp3) is 0.650. The largest absolute Gasteiger partial charge is 0.444 e. The topological polar surface area (TPSA) is 41.6 Å². The lowest BCUT2D eigenvalue weighted by Gasteiger charge is -2.31. The predicted octanol–water partition coefficient (Wildman–Crippen LogP) is 5.53. The number of amides is 1. The van der Waals surface area contributed by atoms with Gasteiger partial charge in [-0.1, -0.05) is 25.5 Å². The summed E-state index contributed by atoms with van der Waals surface area (Å²) in [5.41, 5.74) is 3.01. The van der Waals surface area contributed by atoms with Crippen molar-refractivity contribution in [1.29, 1.82) is 0 Å². The lowest BCUT2D eigenvalue weighted by molar-refractivity contribution is 0.0186. The summed E-state index contributed by atoms with van der Waals surface area (Å²) in [7, 11) is 0. The molecule has 0 spiro atoms. The number of nitrogens with one attached hydrogen (secondary N) is 1. The molecule has 4 nitrogen and oxygen atoms in total. The van der Waals surface area contributed by atoms with Gasteiger partial charge >= 0.3 is 6.09 Å². The number of carbonyl (C=O) groups excluding carboxylic acids is 1. The molecule has 1 aromatic carbocycles. The highest BCUT2D eigenvalue weighted by Crippen LogP contribution is 2.26. The average Bonchev–Trinajstić information content (AvgIpc) is 2.48. The summed E-state index contributed by atoms with van der Waals surface area (Å²) in [5.74, 6) is 0. The van der Waals surface area contributed by atoms with Crippen molar-refractivity contribution in [3.63, 3.8) is 0 Å². The number of benzene rings is 1. The number of anilines is 1. The van der Waals surface area contributed by atoms with Gasteiger partial charge in [0.15, 0.2) is 0 Å². The first kappa shape index (κ1) is 20.3. The number of aryl methyl sites for hydroxylation is 1. The molecule has 0 aromatic heterocycles. The molecule has 0 bridgehead atoms. The van der Waals surface area contributed by atoms with Gasteiger partial charge in [0, 0.05) is 18.8 Å². The lowest BCUT2D eigenvalue weighted by atomic mass is 10.0. The molecule has 1 rings (SSSR count). The fourth-order valence-corrected chi connectivity index (χ4v) is 2.55. The minimum atomic E-state index is -0.482. The van der Waals surface area contributed by atoms with Crippen LogP contribution in [0.3, 0.4) is 0 Å². The molecule has 1 unspecified atom stereocenters. The quantitative estimate of drug-likeness (QED) is 0.667. The Kier molecular flexibility index (Phi) is 7.59. The van der Waals surface area contributed by atoms with Gasteiger partial charge in [-0.3, -0.25) is 0 Å². The molecule has 0 aliphatic heterocycles. The summed E-state index contributed by atoms with van der Waals surface area (Å²) in [6.45, 7) is 15.6. The zero-order valence-electron chi connectivity index (χ0n) is 16.4. The zero-order chi connectivity index (χ0) is 18.3. The molecular weight excluding hydrogens is 300 g/mol. The minimum absolute atomic E-state index is 0.0304. The highest BCUT2D eigenvalue weighted by Gasteiger charge is 2.25. The van der Waals surface area contributed by atoms with Gasteiger partial charge in [0.05, 0.1) is 6.04 Å². The van der Waals surface area contributed by atoms with E-state index < -0.39 is 5.60 Å². The van der Waals surface area contributed by atoms with E-state index in [1.54, 1.807) is 4.90 Å². The second-order valence-electron chi connectivity index (χ2n) is 7.30. The molecule has 4 heteroatoms. The molecule has 0 fully saturated rings. The van der Waals surface area contributed by atoms with Gasteiger partial charge in [-0.05, 0) is 65.2 Å². The fourth-order valence-electron chi connectivity index (χ4n) is 2.55. The molecule has 1 N–H and O–H groups in total. The van der Waals surface area contributed by atoms with Crippen LogP contribution in [0.15, 0.2) is 18.2 Å². The smallest absolute Gasteiger partial charge is 0.410 e. The molecule has 0 radical (unpaired) electrons. The van der Waals surface area contributed by atoms with E-state index in [-0.39, 0.29) is 12.1 Å². The summed E-state index contributed by atoms with van der Waals surface area (Å²) in [4.78, 5) is 14.2. The molecular formula is C20H34N2O2. The summed E-state index contributed by atoms with van der Waals surface area (Å²) in [5, 5.41) is 3.50. The highest BCUT2D eigenvalue weighted by molar-refractivity contribution is 5.69. The number of rotatable bonds is 7. The summed E-state index contributed by atoms with van der Waals surface area (Å²) >= 11 is 0. The standard InChI is InChI=1S/C20H34N2O2/c1-8-10-13-21-18-14-17(12-11-15(18)3)16(4)22(9-2)19(23)24-20(5,6)7/h11-12,14,16,21H,8-10,13H2,1-7H3. The number of hydrogen-bond acceptors (Lipinski definition) is 3. The zero-order valence-corrected chi connectivity index (χ0v) is 16.4. The molecule has 1 aromatic rings. The Morgan fingerprint density at radius 2 is 1.96 bits per heavy atom. The summed E-state index contributed by atoms with van der Waals surface area (Å²) < 4.78 is 5.54. The average molecular weight is 335 g/mol. The van der Waals surface area contributed by atoms with Gasteiger partial charge in [0.2, 0.25) is 0 Å². The van der Waals surface area contributed by atoms with Crippen molar-refractivity contribution in [2.45, 2.75) is 73.0 Å². The van der Waals surface area contributed by atoms with E-state index in [0.717, 1.165) is 24.2 Å². The lowest BCUT2D eigenvalue weighted by Crippen LogP contribution is -2.38. The third kappa shape index (κ3) is 6.06. The van der Waals surface area contributed by atoms with Crippen LogP contribution in [0.4, 0.5) is 10.5 Å². The van der Waals surface area contributed by atoms with Crippen LogP contribution in [0, 0.1) is 6.92 Å². The van der Waals surface area contributed by atoms with Gasteiger partial charge in [0.25, 0.3) is 0 Å². The van der Waals surface area contributed by atoms with Crippen LogP contribution in [-0.4, -0.2) is 29.7 Å². The molecule has 0 aliphatic rings. The Morgan fingerprint density at radius 1 is 1.29 bits per heavy atom. The van der Waals surface area contributed by atoms with E-state index in [0.29, 0.717) is 6.54 Å². The van der Waals surface area contributed by atoms with Crippen LogP contribution in [0.2, 0.25) is 0 Å². The van der Waals surface area contributed by atoms with Gasteiger partial charge in [-0.2, -0.15) is 0 Å². The van der Waals surface area contributed by atoms with Crippen molar-refractivity contribution in [2.24, 2.45) is 0 Å². The highest BCUT2D eigenvalue weighted by atomic mass is 16.6. The van der Waals surface area contributed by atoms with E-state index >= 15 is 0 Å². The minimum Gasteiger partial charge on any atom is -0.444 e. The maximum absolute atomic E-state index is 12.5. The van der Waals surface area contributed by atoms with Gasteiger partial charge in [-0.25, -0.2) is 4.79 Å². The Labute approximate surface area is 147 Å².